The van der Waals surface area contributed by atoms with Crippen LogP contribution in [-0.4, -0.2) is 50.8 Å². The van der Waals surface area contributed by atoms with Crippen LogP contribution in [0.4, 0.5) is 4.39 Å². The fourth-order valence-electron chi connectivity index (χ4n) is 4.16. The predicted octanol–water partition coefficient (Wildman–Crippen LogP) is 3.04. The minimum Gasteiger partial charge on any atom is -0.384 e. The second-order valence-corrected chi connectivity index (χ2v) is 7.09. The molecule has 4 nitrogen and oxygen atoms in total. The molecule has 0 saturated carbocycles. The number of hydrogen-bond acceptors (Lipinski definition) is 3. The van der Waals surface area contributed by atoms with Crippen LogP contribution in [0.1, 0.15) is 35.2 Å². The first-order valence-electron chi connectivity index (χ1n) is 8.68. The van der Waals surface area contributed by atoms with E-state index < -0.39 is 0 Å². The molecule has 5 heteroatoms. The summed E-state index contributed by atoms with van der Waals surface area (Å²) in [5.41, 5.74) is 1.53. The number of halogens is 1. The van der Waals surface area contributed by atoms with Crippen molar-refractivity contribution in [2.75, 3.05) is 40.0 Å². The molecule has 1 unspecified atom stereocenters. The summed E-state index contributed by atoms with van der Waals surface area (Å²) in [5.74, 6) is 0.116. The van der Waals surface area contributed by atoms with Crippen LogP contribution in [0, 0.1) is 24.1 Å². The quantitative estimate of drug-likeness (QED) is 0.852. The van der Waals surface area contributed by atoms with E-state index in [2.05, 4.69) is 0 Å². The lowest BCUT2D eigenvalue weighted by Crippen LogP contribution is -2.50. The summed E-state index contributed by atoms with van der Waals surface area (Å²) in [6, 6.07) is 4.38. The molecule has 1 amide bonds. The van der Waals surface area contributed by atoms with E-state index in [-0.39, 0.29) is 17.1 Å². The molecular formula is C19H26FNO3. The molecule has 1 aromatic carbocycles. The van der Waals surface area contributed by atoms with Gasteiger partial charge in [-0.1, -0.05) is 0 Å². The van der Waals surface area contributed by atoms with Crippen LogP contribution in [0.5, 0.6) is 0 Å². The molecule has 2 fully saturated rings. The first-order chi connectivity index (χ1) is 11.6. The number of ether oxygens (including phenoxy) is 2. The highest BCUT2D eigenvalue weighted by atomic mass is 19.1. The Labute approximate surface area is 142 Å². The minimum atomic E-state index is -0.300. The number of hydrogen-bond donors (Lipinski definition) is 0. The van der Waals surface area contributed by atoms with Gasteiger partial charge in [0.25, 0.3) is 5.91 Å². The third kappa shape index (κ3) is 3.33. The third-order valence-electron chi connectivity index (χ3n) is 5.76. The average molecular weight is 335 g/mol. The van der Waals surface area contributed by atoms with Crippen molar-refractivity contribution >= 4 is 5.91 Å². The van der Waals surface area contributed by atoms with Gasteiger partial charge in [-0.3, -0.25) is 4.79 Å². The van der Waals surface area contributed by atoms with Crippen LogP contribution in [-0.2, 0) is 9.47 Å². The Hall–Kier alpha value is -1.46. The summed E-state index contributed by atoms with van der Waals surface area (Å²) in [7, 11) is 1.73. The molecule has 2 aliphatic rings. The fourth-order valence-corrected chi connectivity index (χ4v) is 4.16. The minimum absolute atomic E-state index is 0.0118. The summed E-state index contributed by atoms with van der Waals surface area (Å²) >= 11 is 0. The summed E-state index contributed by atoms with van der Waals surface area (Å²) in [6.45, 7) is 5.54. The fraction of sp³-hybridized carbons (Fsp3) is 0.632. The molecule has 0 radical (unpaired) electrons. The van der Waals surface area contributed by atoms with E-state index in [1.54, 1.807) is 20.1 Å². The number of carbonyl (C=O) groups is 1. The van der Waals surface area contributed by atoms with E-state index in [1.807, 2.05) is 4.90 Å². The monoisotopic (exact) mass is 335 g/mol. The van der Waals surface area contributed by atoms with Gasteiger partial charge in [0.2, 0.25) is 0 Å². The van der Waals surface area contributed by atoms with Crippen molar-refractivity contribution in [2.45, 2.75) is 26.2 Å². The van der Waals surface area contributed by atoms with Gasteiger partial charge in [-0.05, 0) is 55.4 Å². The smallest absolute Gasteiger partial charge is 0.254 e. The summed E-state index contributed by atoms with van der Waals surface area (Å²) in [5, 5.41) is 0. The number of nitrogens with zero attached hydrogens (tertiary/aromatic N) is 1. The number of benzene rings is 1. The van der Waals surface area contributed by atoms with Crippen LogP contribution < -0.4 is 0 Å². The van der Waals surface area contributed by atoms with Crippen molar-refractivity contribution < 1.29 is 18.7 Å². The van der Waals surface area contributed by atoms with Gasteiger partial charge < -0.3 is 14.4 Å². The predicted molar refractivity (Wildman–Crippen MR) is 89.5 cm³/mol. The molecule has 132 valence electrons. The molecule has 0 aliphatic carbocycles. The van der Waals surface area contributed by atoms with Crippen LogP contribution in [0.15, 0.2) is 18.2 Å². The van der Waals surface area contributed by atoms with Crippen LogP contribution in [0.25, 0.3) is 0 Å². The maximum atomic E-state index is 13.3. The second-order valence-electron chi connectivity index (χ2n) is 7.09. The topological polar surface area (TPSA) is 38.8 Å². The van der Waals surface area contributed by atoms with Crippen LogP contribution in [0.2, 0.25) is 0 Å². The Balaban J connectivity index is 1.68. The zero-order chi connectivity index (χ0) is 17.2. The van der Waals surface area contributed by atoms with Crippen LogP contribution >= 0.6 is 0 Å². The normalized spacial score (nSPS) is 23.5. The molecule has 2 saturated heterocycles. The average Bonchev–Trinajstić information content (AvgIpc) is 2.57. The molecule has 0 aromatic heterocycles. The molecular weight excluding hydrogens is 309 g/mol. The van der Waals surface area contributed by atoms with Gasteiger partial charge in [0, 0.05) is 38.3 Å². The number of rotatable bonds is 3. The summed E-state index contributed by atoms with van der Waals surface area (Å²) < 4.78 is 24.3. The zero-order valence-electron chi connectivity index (χ0n) is 14.5. The number of carbonyl (C=O) groups excluding carboxylic acids is 1. The van der Waals surface area contributed by atoms with Crippen molar-refractivity contribution in [1.82, 2.24) is 4.90 Å². The Bertz CT molecular complexity index is 594. The number of aryl methyl sites for hydroxylation is 1. The number of methoxy groups -OCH3 is 1. The maximum Gasteiger partial charge on any atom is 0.254 e. The van der Waals surface area contributed by atoms with Crippen molar-refractivity contribution in [3.05, 3.63) is 35.1 Å². The van der Waals surface area contributed by atoms with Crippen molar-refractivity contribution in [3.63, 3.8) is 0 Å². The lowest BCUT2D eigenvalue weighted by atomic mass is 9.66. The van der Waals surface area contributed by atoms with E-state index in [0.717, 1.165) is 45.6 Å². The molecule has 2 aliphatic heterocycles. The molecule has 0 bridgehead atoms. The highest BCUT2D eigenvalue weighted by molar-refractivity contribution is 5.95. The number of likely N-dealkylation sites (tertiary alicyclic amines) is 1. The second kappa shape index (κ2) is 7.19. The molecule has 1 aromatic rings. The largest absolute Gasteiger partial charge is 0.384 e. The Morgan fingerprint density at radius 3 is 2.79 bits per heavy atom. The van der Waals surface area contributed by atoms with E-state index in [4.69, 9.17) is 9.47 Å². The van der Waals surface area contributed by atoms with Crippen molar-refractivity contribution in [3.8, 4) is 0 Å². The standard InChI is InChI=1S/C19H26FNO3/c1-14-11-16(20)3-4-17(14)18(22)21-8-5-19(6-9-21)7-10-24-13-15(19)12-23-2/h3-4,11,15H,5-10,12-13H2,1-2H3. The lowest BCUT2D eigenvalue weighted by molar-refractivity contribution is -0.0912. The Kier molecular flexibility index (Phi) is 5.21. The van der Waals surface area contributed by atoms with Gasteiger partial charge >= 0.3 is 0 Å². The summed E-state index contributed by atoms with van der Waals surface area (Å²) in [4.78, 5) is 14.7. The van der Waals surface area contributed by atoms with E-state index in [1.165, 1.54) is 12.1 Å². The lowest BCUT2D eigenvalue weighted by Gasteiger charge is -2.49. The van der Waals surface area contributed by atoms with Crippen molar-refractivity contribution in [2.24, 2.45) is 11.3 Å². The first kappa shape index (κ1) is 17.4. The van der Waals surface area contributed by atoms with Gasteiger partial charge in [-0.2, -0.15) is 0 Å². The highest BCUT2D eigenvalue weighted by Gasteiger charge is 2.44. The Morgan fingerprint density at radius 1 is 1.38 bits per heavy atom. The van der Waals surface area contributed by atoms with E-state index in [0.29, 0.717) is 23.7 Å². The molecule has 24 heavy (non-hydrogen) atoms. The number of piperidine rings is 1. The molecule has 3 rings (SSSR count). The maximum absolute atomic E-state index is 13.3. The van der Waals surface area contributed by atoms with E-state index >= 15 is 0 Å². The summed E-state index contributed by atoms with van der Waals surface area (Å²) in [6.07, 6.45) is 3.01. The zero-order valence-corrected chi connectivity index (χ0v) is 14.5. The molecule has 1 atom stereocenters. The van der Waals surface area contributed by atoms with Crippen molar-refractivity contribution in [1.29, 1.82) is 0 Å². The molecule has 1 spiro atoms. The van der Waals surface area contributed by atoms with Gasteiger partial charge in [0.1, 0.15) is 5.82 Å². The molecule has 2 heterocycles. The third-order valence-corrected chi connectivity index (χ3v) is 5.76. The van der Waals surface area contributed by atoms with E-state index in [9.17, 15) is 9.18 Å². The van der Waals surface area contributed by atoms with Gasteiger partial charge in [0.05, 0.1) is 13.2 Å². The highest BCUT2D eigenvalue weighted by Crippen LogP contribution is 2.45. The number of amides is 1. The molecule has 0 N–H and O–H groups in total. The van der Waals surface area contributed by atoms with Gasteiger partial charge in [-0.25, -0.2) is 4.39 Å². The van der Waals surface area contributed by atoms with Crippen LogP contribution in [0.3, 0.4) is 0 Å². The SMILES string of the molecule is COCC1COCCC12CCN(C(=O)c1ccc(F)cc1C)CC2. The Morgan fingerprint density at radius 2 is 2.12 bits per heavy atom. The van der Waals surface area contributed by atoms with Gasteiger partial charge in [-0.15, -0.1) is 0 Å². The first-order valence-corrected chi connectivity index (χ1v) is 8.68. The van der Waals surface area contributed by atoms with Gasteiger partial charge in [0.15, 0.2) is 0 Å².